The van der Waals surface area contributed by atoms with E-state index in [4.69, 9.17) is 9.84 Å². The van der Waals surface area contributed by atoms with Gasteiger partial charge in [-0.2, -0.15) is 0 Å². The fourth-order valence-electron chi connectivity index (χ4n) is 1.73. The topological polar surface area (TPSA) is 46.5 Å². The molecule has 3 heteroatoms. The Morgan fingerprint density at radius 2 is 2.42 bits per heavy atom. The SMILES string of the molecule is O=C(O)C1=CC=C2COCCC21. The third kappa shape index (κ3) is 1.06. The van der Waals surface area contributed by atoms with Crippen LogP contribution in [-0.4, -0.2) is 24.3 Å². The molecule has 1 atom stereocenters. The van der Waals surface area contributed by atoms with Crippen molar-refractivity contribution in [2.75, 3.05) is 13.2 Å². The van der Waals surface area contributed by atoms with Crippen molar-refractivity contribution in [1.29, 1.82) is 0 Å². The van der Waals surface area contributed by atoms with E-state index in [9.17, 15) is 4.79 Å². The lowest BCUT2D eigenvalue weighted by molar-refractivity contribution is -0.133. The second-order valence-electron chi connectivity index (χ2n) is 3.06. The van der Waals surface area contributed by atoms with E-state index in [1.807, 2.05) is 6.08 Å². The molecule has 0 bridgehead atoms. The van der Waals surface area contributed by atoms with Crippen molar-refractivity contribution < 1.29 is 14.6 Å². The molecule has 1 aliphatic carbocycles. The highest BCUT2D eigenvalue weighted by molar-refractivity contribution is 5.89. The molecule has 0 spiro atoms. The highest BCUT2D eigenvalue weighted by atomic mass is 16.5. The van der Waals surface area contributed by atoms with Crippen LogP contribution in [0.2, 0.25) is 0 Å². The van der Waals surface area contributed by atoms with E-state index in [-0.39, 0.29) is 5.92 Å². The van der Waals surface area contributed by atoms with Gasteiger partial charge in [0.15, 0.2) is 0 Å². The average Bonchev–Trinajstić information content (AvgIpc) is 2.47. The van der Waals surface area contributed by atoms with E-state index in [1.54, 1.807) is 6.08 Å². The Balaban J connectivity index is 2.19. The van der Waals surface area contributed by atoms with E-state index in [0.717, 1.165) is 12.0 Å². The van der Waals surface area contributed by atoms with Crippen LogP contribution < -0.4 is 0 Å². The zero-order valence-corrected chi connectivity index (χ0v) is 6.62. The van der Waals surface area contributed by atoms with Crippen LogP contribution in [0.4, 0.5) is 0 Å². The maximum atomic E-state index is 10.7. The van der Waals surface area contributed by atoms with Crippen LogP contribution in [-0.2, 0) is 9.53 Å². The first-order chi connectivity index (χ1) is 5.79. The Kier molecular flexibility index (Phi) is 1.73. The summed E-state index contributed by atoms with van der Waals surface area (Å²) >= 11 is 0. The number of hydrogen-bond acceptors (Lipinski definition) is 2. The molecule has 0 radical (unpaired) electrons. The van der Waals surface area contributed by atoms with Crippen molar-refractivity contribution in [1.82, 2.24) is 0 Å². The maximum absolute atomic E-state index is 10.7. The van der Waals surface area contributed by atoms with Crippen molar-refractivity contribution in [3.8, 4) is 0 Å². The lowest BCUT2D eigenvalue weighted by Gasteiger charge is -2.22. The highest BCUT2D eigenvalue weighted by Gasteiger charge is 2.29. The van der Waals surface area contributed by atoms with Gasteiger partial charge in [-0.1, -0.05) is 12.2 Å². The zero-order chi connectivity index (χ0) is 8.55. The number of aliphatic carboxylic acids is 1. The van der Waals surface area contributed by atoms with Crippen LogP contribution in [0.1, 0.15) is 6.42 Å². The number of rotatable bonds is 1. The van der Waals surface area contributed by atoms with Crippen LogP contribution in [0, 0.1) is 5.92 Å². The molecule has 0 aromatic heterocycles. The molecule has 1 aliphatic heterocycles. The first-order valence-electron chi connectivity index (χ1n) is 4.00. The number of fused-ring (bicyclic) bond motifs is 1. The quantitative estimate of drug-likeness (QED) is 0.631. The van der Waals surface area contributed by atoms with Crippen molar-refractivity contribution in [3.05, 3.63) is 23.3 Å². The second kappa shape index (κ2) is 2.75. The Hall–Kier alpha value is -1.09. The van der Waals surface area contributed by atoms with Gasteiger partial charge in [-0.05, 0) is 12.0 Å². The predicted octanol–water partition coefficient (Wildman–Crippen LogP) is 0.974. The molecule has 64 valence electrons. The molecule has 1 unspecified atom stereocenters. The van der Waals surface area contributed by atoms with Gasteiger partial charge in [-0.15, -0.1) is 0 Å². The Bertz CT molecular complexity index is 275. The number of ether oxygens (including phenoxy) is 1. The zero-order valence-electron chi connectivity index (χ0n) is 6.62. The minimum absolute atomic E-state index is 0.122. The molecule has 0 saturated carbocycles. The molecular formula is C9H10O3. The number of carbonyl (C=O) groups is 1. The minimum Gasteiger partial charge on any atom is -0.478 e. The van der Waals surface area contributed by atoms with E-state index in [2.05, 4.69) is 0 Å². The van der Waals surface area contributed by atoms with Gasteiger partial charge in [-0.3, -0.25) is 0 Å². The summed E-state index contributed by atoms with van der Waals surface area (Å²) in [5.74, 6) is -0.676. The largest absolute Gasteiger partial charge is 0.478 e. The Morgan fingerprint density at radius 3 is 3.17 bits per heavy atom. The van der Waals surface area contributed by atoms with Gasteiger partial charge in [0.2, 0.25) is 0 Å². The monoisotopic (exact) mass is 166 g/mol. The number of hydrogen-bond donors (Lipinski definition) is 1. The summed E-state index contributed by atoms with van der Waals surface area (Å²) in [6.45, 7) is 1.27. The van der Waals surface area contributed by atoms with E-state index in [1.165, 1.54) is 0 Å². The lowest BCUT2D eigenvalue weighted by Crippen LogP contribution is -2.21. The Morgan fingerprint density at radius 1 is 1.58 bits per heavy atom. The van der Waals surface area contributed by atoms with Gasteiger partial charge in [0, 0.05) is 18.1 Å². The van der Waals surface area contributed by atoms with E-state index in [0.29, 0.717) is 18.8 Å². The number of allylic oxidation sites excluding steroid dienone is 2. The smallest absolute Gasteiger partial charge is 0.332 e. The average molecular weight is 166 g/mol. The second-order valence-corrected chi connectivity index (χ2v) is 3.06. The van der Waals surface area contributed by atoms with Gasteiger partial charge in [0.25, 0.3) is 0 Å². The fourth-order valence-corrected chi connectivity index (χ4v) is 1.73. The van der Waals surface area contributed by atoms with Crippen LogP contribution in [0.5, 0.6) is 0 Å². The molecule has 2 aliphatic rings. The van der Waals surface area contributed by atoms with Crippen LogP contribution in [0.3, 0.4) is 0 Å². The molecule has 1 heterocycles. The molecule has 3 nitrogen and oxygen atoms in total. The summed E-state index contributed by atoms with van der Waals surface area (Å²) in [4.78, 5) is 10.7. The van der Waals surface area contributed by atoms with Crippen LogP contribution in [0.25, 0.3) is 0 Å². The third-order valence-electron chi connectivity index (χ3n) is 2.37. The van der Waals surface area contributed by atoms with Crippen molar-refractivity contribution in [2.45, 2.75) is 6.42 Å². The molecule has 1 saturated heterocycles. The summed E-state index contributed by atoms with van der Waals surface area (Å²) in [7, 11) is 0. The molecule has 12 heavy (non-hydrogen) atoms. The summed E-state index contributed by atoms with van der Waals surface area (Å²) < 4.78 is 5.22. The molecule has 2 rings (SSSR count). The van der Waals surface area contributed by atoms with Gasteiger partial charge < -0.3 is 9.84 Å². The van der Waals surface area contributed by atoms with Crippen molar-refractivity contribution in [2.24, 2.45) is 5.92 Å². The standard InChI is InChI=1S/C9H10O3/c10-9(11)8-2-1-6-5-12-4-3-7(6)8/h1-2,7H,3-5H2,(H,10,11). The summed E-state index contributed by atoms with van der Waals surface area (Å²) in [5.41, 5.74) is 1.63. The molecule has 0 amide bonds. The first-order valence-corrected chi connectivity index (χ1v) is 4.00. The third-order valence-corrected chi connectivity index (χ3v) is 2.37. The maximum Gasteiger partial charge on any atom is 0.332 e. The number of carboxylic acid groups (broad SMARTS) is 1. The first kappa shape index (κ1) is 7.55. The van der Waals surface area contributed by atoms with Gasteiger partial charge in [-0.25, -0.2) is 4.79 Å². The predicted molar refractivity (Wildman–Crippen MR) is 42.7 cm³/mol. The van der Waals surface area contributed by atoms with E-state index >= 15 is 0 Å². The molecule has 1 fully saturated rings. The molecule has 0 aromatic carbocycles. The molecule has 1 N–H and O–H groups in total. The van der Waals surface area contributed by atoms with Crippen molar-refractivity contribution in [3.63, 3.8) is 0 Å². The normalized spacial score (nSPS) is 27.5. The summed E-state index contributed by atoms with van der Waals surface area (Å²) in [6, 6.07) is 0. The van der Waals surface area contributed by atoms with E-state index < -0.39 is 5.97 Å². The lowest BCUT2D eigenvalue weighted by atomic mass is 9.91. The van der Waals surface area contributed by atoms with Gasteiger partial charge in [0.1, 0.15) is 0 Å². The number of carboxylic acids is 1. The Labute approximate surface area is 70.3 Å². The minimum atomic E-state index is -0.798. The fraction of sp³-hybridized carbons (Fsp3) is 0.444. The molecule has 0 aromatic rings. The summed E-state index contributed by atoms with van der Waals surface area (Å²) in [5, 5.41) is 8.81. The molecular weight excluding hydrogens is 156 g/mol. The highest BCUT2D eigenvalue weighted by Crippen LogP contribution is 2.32. The summed E-state index contributed by atoms with van der Waals surface area (Å²) in [6.07, 6.45) is 4.37. The van der Waals surface area contributed by atoms with Crippen LogP contribution >= 0.6 is 0 Å². The van der Waals surface area contributed by atoms with Gasteiger partial charge in [0.05, 0.1) is 6.61 Å². The van der Waals surface area contributed by atoms with Gasteiger partial charge >= 0.3 is 5.97 Å². The van der Waals surface area contributed by atoms with Crippen LogP contribution in [0.15, 0.2) is 23.3 Å². The van der Waals surface area contributed by atoms with Crippen molar-refractivity contribution >= 4 is 5.97 Å².